The Morgan fingerprint density at radius 2 is 1.88 bits per heavy atom. The predicted molar refractivity (Wildman–Crippen MR) is 72.0 cm³/mol. The summed E-state index contributed by atoms with van der Waals surface area (Å²) in [4.78, 5) is 11.2. The van der Waals surface area contributed by atoms with E-state index in [9.17, 15) is 4.79 Å². The molecule has 1 aromatic carbocycles. The van der Waals surface area contributed by atoms with Crippen molar-refractivity contribution in [1.82, 2.24) is 5.32 Å². The highest BCUT2D eigenvalue weighted by atomic mass is 16.1. The molecule has 0 aromatic heterocycles. The highest BCUT2D eigenvalue weighted by Crippen LogP contribution is 2.06. The van der Waals surface area contributed by atoms with E-state index in [0.29, 0.717) is 6.42 Å². The first kappa shape index (κ1) is 13.8. The number of hydrogen-bond donors (Lipinski definition) is 1. The monoisotopic (exact) mass is 233 g/mol. The van der Waals surface area contributed by atoms with Gasteiger partial charge in [0.05, 0.1) is 0 Å². The molecular formula is C15H23NO. The Hall–Kier alpha value is -1.31. The van der Waals surface area contributed by atoms with Crippen LogP contribution in [0.25, 0.3) is 0 Å². The molecule has 0 heterocycles. The molecule has 1 amide bonds. The highest BCUT2D eigenvalue weighted by Gasteiger charge is 1.98. The van der Waals surface area contributed by atoms with Crippen molar-refractivity contribution in [1.29, 1.82) is 0 Å². The summed E-state index contributed by atoms with van der Waals surface area (Å²) < 4.78 is 0. The van der Waals surface area contributed by atoms with E-state index in [1.54, 1.807) is 0 Å². The lowest BCUT2D eigenvalue weighted by Crippen LogP contribution is -2.23. The average Bonchev–Trinajstić information content (AvgIpc) is 2.31. The van der Waals surface area contributed by atoms with Crippen LogP contribution < -0.4 is 5.32 Å². The van der Waals surface area contributed by atoms with Gasteiger partial charge in [-0.05, 0) is 38.2 Å². The smallest absolute Gasteiger partial charge is 0.219 e. The fourth-order valence-electron chi connectivity index (χ4n) is 1.75. The molecule has 0 saturated carbocycles. The zero-order valence-corrected chi connectivity index (χ0v) is 11.0. The minimum absolute atomic E-state index is 0.183. The third-order valence-corrected chi connectivity index (χ3v) is 2.81. The second kappa shape index (κ2) is 7.88. The van der Waals surface area contributed by atoms with Gasteiger partial charge in [0.1, 0.15) is 0 Å². The first-order valence-electron chi connectivity index (χ1n) is 6.54. The number of unbranched alkanes of at least 4 members (excludes halogenated alkanes) is 1. The predicted octanol–water partition coefficient (Wildman–Crippen LogP) is 3.23. The van der Waals surface area contributed by atoms with Crippen molar-refractivity contribution < 1.29 is 4.79 Å². The van der Waals surface area contributed by atoms with Crippen LogP contribution in [0.15, 0.2) is 24.3 Å². The highest BCUT2D eigenvalue weighted by molar-refractivity contribution is 5.75. The van der Waals surface area contributed by atoms with Crippen LogP contribution in [0.1, 0.15) is 43.7 Å². The third kappa shape index (κ3) is 6.10. The molecule has 2 heteroatoms. The summed E-state index contributed by atoms with van der Waals surface area (Å²) in [6.07, 6.45) is 4.87. The Balaban J connectivity index is 2.08. The first-order chi connectivity index (χ1) is 8.22. The van der Waals surface area contributed by atoms with Crippen molar-refractivity contribution in [3.05, 3.63) is 35.4 Å². The number of nitrogens with one attached hydrogen (secondary N) is 1. The first-order valence-corrected chi connectivity index (χ1v) is 6.54. The maximum Gasteiger partial charge on any atom is 0.219 e. The zero-order chi connectivity index (χ0) is 12.5. The van der Waals surface area contributed by atoms with Gasteiger partial charge in [-0.3, -0.25) is 4.79 Å². The van der Waals surface area contributed by atoms with E-state index in [0.717, 1.165) is 32.2 Å². The molecule has 0 aliphatic carbocycles. The second-order valence-corrected chi connectivity index (χ2v) is 4.54. The number of carbonyl (C=O) groups excluding carboxylic acids is 1. The van der Waals surface area contributed by atoms with Gasteiger partial charge in [0.2, 0.25) is 5.91 Å². The molecule has 0 bridgehead atoms. The SMILES string of the molecule is CCCC(=O)NCCCCc1ccc(C)cc1. The Labute approximate surface area is 104 Å². The van der Waals surface area contributed by atoms with Crippen LogP contribution in [0.5, 0.6) is 0 Å². The summed E-state index contributed by atoms with van der Waals surface area (Å²) in [6.45, 7) is 4.94. The molecule has 17 heavy (non-hydrogen) atoms. The molecule has 0 atom stereocenters. The van der Waals surface area contributed by atoms with Gasteiger partial charge in [-0.25, -0.2) is 0 Å². The van der Waals surface area contributed by atoms with Crippen LogP contribution in [0.2, 0.25) is 0 Å². The Bertz CT molecular complexity index is 329. The average molecular weight is 233 g/mol. The third-order valence-electron chi connectivity index (χ3n) is 2.81. The molecule has 1 rings (SSSR count). The van der Waals surface area contributed by atoms with Crippen LogP contribution in [0.4, 0.5) is 0 Å². The van der Waals surface area contributed by atoms with E-state index >= 15 is 0 Å². The topological polar surface area (TPSA) is 29.1 Å². The van der Waals surface area contributed by atoms with Gasteiger partial charge >= 0.3 is 0 Å². The maximum atomic E-state index is 11.2. The molecule has 0 aliphatic rings. The summed E-state index contributed by atoms with van der Waals surface area (Å²) in [5.41, 5.74) is 2.69. The lowest BCUT2D eigenvalue weighted by Gasteiger charge is -2.04. The summed E-state index contributed by atoms with van der Waals surface area (Å²) in [6, 6.07) is 8.67. The Kier molecular flexibility index (Phi) is 6.38. The molecule has 1 N–H and O–H groups in total. The molecule has 0 spiro atoms. The van der Waals surface area contributed by atoms with E-state index in [1.807, 2.05) is 6.92 Å². The minimum atomic E-state index is 0.183. The number of carbonyl (C=O) groups is 1. The number of rotatable bonds is 7. The van der Waals surface area contributed by atoms with E-state index < -0.39 is 0 Å². The molecule has 0 saturated heterocycles. The van der Waals surface area contributed by atoms with Gasteiger partial charge in [-0.1, -0.05) is 36.8 Å². The van der Waals surface area contributed by atoms with Crippen LogP contribution in [-0.4, -0.2) is 12.5 Å². The normalized spacial score (nSPS) is 10.2. The maximum absolute atomic E-state index is 11.2. The van der Waals surface area contributed by atoms with Crippen LogP contribution in [0.3, 0.4) is 0 Å². The van der Waals surface area contributed by atoms with Gasteiger partial charge in [0.15, 0.2) is 0 Å². The molecule has 2 nitrogen and oxygen atoms in total. The quantitative estimate of drug-likeness (QED) is 0.720. The molecule has 1 aromatic rings. The van der Waals surface area contributed by atoms with Gasteiger partial charge in [0.25, 0.3) is 0 Å². The fraction of sp³-hybridized carbons (Fsp3) is 0.533. The summed E-state index contributed by atoms with van der Waals surface area (Å²) in [5, 5.41) is 2.94. The zero-order valence-electron chi connectivity index (χ0n) is 11.0. The Morgan fingerprint density at radius 1 is 1.18 bits per heavy atom. The van der Waals surface area contributed by atoms with Gasteiger partial charge in [0, 0.05) is 13.0 Å². The molecule has 0 aliphatic heterocycles. The van der Waals surface area contributed by atoms with Crippen molar-refractivity contribution in [2.24, 2.45) is 0 Å². The van der Waals surface area contributed by atoms with Crippen molar-refractivity contribution in [2.45, 2.75) is 46.0 Å². The summed E-state index contributed by atoms with van der Waals surface area (Å²) in [5.74, 6) is 0.183. The summed E-state index contributed by atoms with van der Waals surface area (Å²) in [7, 11) is 0. The van der Waals surface area contributed by atoms with Crippen molar-refractivity contribution in [3.63, 3.8) is 0 Å². The summed E-state index contributed by atoms with van der Waals surface area (Å²) >= 11 is 0. The van der Waals surface area contributed by atoms with Gasteiger partial charge < -0.3 is 5.32 Å². The van der Waals surface area contributed by atoms with Gasteiger partial charge in [-0.15, -0.1) is 0 Å². The molecule has 94 valence electrons. The number of aryl methyl sites for hydroxylation is 2. The molecule has 0 radical (unpaired) electrons. The molecule has 0 fully saturated rings. The van der Waals surface area contributed by atoms with Gasteiger partial charge in [-0.2, -0.15) is 0 Å². The minimum Gasteiger partial charge on any atom is -0.356 e. The number of amides is 1. The molecular weight excluding hydrogens is 210 g/mol. The largest absolute Gasteiger partial charge is 0.356 e. The van der Waals surface area contributed by atoms with Crippen molar-refractivity contribution in [3.8, 4) is 0 Å². The van der Waals surface area contributed by atoms with Crippen molar-refractivity contribution in [2.75, 3.05) is 6.54 Å². The van der Waals surface area contributed by atoms with Crippen LogP contribution in [-0.2, 0) is 11.2 Å². The lowest BCUT2D eigenvalue weighted by atomic mass is 10.1. The van der Waals surface area contributed by atoms with Crippen LogP contribution >= 0.6 is 0 Å². The lowest BCUT2D eigenvalue weighted by molar-refractivity contribution is -0.121. The number of hydrogen-bond acceptors (Lipinski definition) is 1. The van der Waals surface area contributed by atoms with E-state index in [-0.39, 0.29) is 5.91 Å². The van der Waals surface area contributed by atoms with Crippen molar-refractivity contribution >= 4 is 5.91 Å². The standard InChI is InChI=1S/C15H23NO/c1-3-6-15(17)16-12-5-4-7-14-10-8-13(2)9-11-14/h8-11H,3-7,12H2,1-2H3,(H,16,17). The number of benzene rings is 1. The van der Waals surface area contributed by atoms with E-state index in [4.69, 9.17) is 0 Å². The Morgan fingerprint density at radius 3 is 2.53 bits per heavy atom. The molecule has 0 unspecified atom stereocenters. The second-order valence-electron chi connectivity index (χ2n) is 4.54. The fourth-order valence-corrected chi connectivity index (χ4v) is 1.75. The van der Waals surface area contributed by atoms with E-state index in [2.05, 4.69) is 36.5 Å². The van der Waals surface area contributed by atoms with Crippen LogP contribution in [0, 0.1) is 6.92 Å². The van der Waals surface area contributed by atoms with E-state index in [1.165, 1.54) is 11.1 Å².